The number of Topliss-reactive ketones (excluding diaryl/α,β-unsaturated/α-hetero) is 1. The van der Waals surface area contributed by atoms with E-state index in [-0.39, 0.29) is 5.78 Å². The summed E-state index contributed by atoms with van der Waals surface area (Å²) in [4.78, 5) is 14.5. The fourth-order valence-corrected chi connectivity index (χ4v) is 2.19. The second-order valence-corrected chi connectivity index (χ2v) is 5.17. The molecule has 0 N–H and O–H groups in total. The highest BCUT2D eigenvalue weighted by Gasteiger charge is 2.14. The molecule has 1 aromatic rings. The van der Waals surface area contributed by atoms with Gasteiger partial charge in [-0.25, -0.2) is 0 Å². The molecule has 0 fully saturated rings. The van der Waals surface area contributed by atoms with Crippen LogP contribution in [0, 0.1) is 13.8 Å². The maximum Gasteiger partial charge on any atom is 0.177 e. The third-order valence-corrected chi connectivity index (χ3v) is 3.55. The Labute approximate surface area is 122 Å². The SMILES string of the molecule is CCCOc1cc(C)c(C(=O)CN(CC)CC)cc1C. The largest absolute Gasteiger partial charge is 0.493 e. The Bertz CT molecular complexity index is 451. The predicted octanol–water partition coefficient (Wildman–Crippen LogP) is 3.62. The Morgan fingerprint density at radius 1 is 1.10 bits per heavy atom. The first-order valence-electron chi connectivity index (χ1n) is 7.53. The van der Waals surface area contributed by atoms with Crippen molar-refractivity contribution in [2.24, 2.45) is 0 Å². The van der Waals surface area contributed by atoms with Crippen molar-refractivity contribution in [2.75, 3.05) is 26.2 Å². The van der Waals surface area contributed by atoms with E-state index >= 15 is 0 Å². The van der Waals surface area contributed by atoms with E-state index in [0.29, 0.717) is 13.2 Å². The summed E-state index contributed by atoms with van der Waals surface area (Å²) in [6.07, 6.45) is 0.987. The predicted molar refractivity (Wildman–Crippen MR) is 83.8 cm³/mol. The molecular formula is C17H27NO2. The number of rotatable bonds is 8. The molecule has 0 amide bonds. The zero-order valence-electron chi connectivity index (χ0n) is 13.5. The van der Waals surface area contributed by atoms with Crippen LogP contribution in [-0.2, 0) is 0 Å². The Balaban J connectivity index is 2.90. The Kier molecular flexibility index (Phi) is 6.73. The average Bonchev–Trinajstić information content (AvgIpc) is 2.44. The molecule has 112 valence electrons. The van der Waals surface area contributed by atoms with E-state index in [4.69, 9.17) is 4.74 Å². The minimum atomic E-state index is 0.191. The molecule has 3 heteroatoms. The van der Waals surface area contributed by atoms with E-state index in [1.54, 1.807) is 0 Å². The van der Waals surface area contributed by atoms with Crippen molar-refractivity contribution in [3.63, 3.8) is 0 Å². The molecule has 0 saturated carbocycles. The Hall–Kier alpha value is -1.35. The van der Waals surface area contributed by atoms with Gasteiger partial charge in [0.15, 0.2) is 5.78 Å². The minimum Gasteiger partial charge on any atom is -0.493 e. The van der Waals surface area contributed by atoms with Crippen LogP contribution in [0.2, 0.25) is 0 Å². The summed E-state index contributed by atoms with van der Waals surface area (Å²) in [7, 11) is 0. The average molecular weight is 277 g/mol. The van der Waals surface area contributed by atoms with Gasteiger partial charge in [-0.3, -0.25) is 9.69 Å². The number of hydrogen-bond acceptors (Lipinski definition) is 3. The first-order valence-corrected chi connectivity index (χ1v) is 7.53. The van der Waals surface area contributed by atoms with Crippen LogP contribution < -0.4 is 4.74 Å². The number of ketones is 1. The minimum absolute atomic E-state index is 0.191. The number of ether oxygens (including phenoxy) is 1. The molecule has 20 heavy (non-hydrogen) atoms. The Morgan fingerprint density at radius 2 is 1.75 bits per heavy atom. The lowest BCUT2D eigenvalue weighted by molar-refractivity contribution is 0.0936. The van der Waals surface area contributed by atoms with Crippen LogP contribution in [-0.4, -0.2) is 36.9 Å². The summed E-state index contributed by atoms with van der Waals surface area (Å²) in [5.74, 6) is 1.08. The molecule has 0 radical (unpaired) electrons. The van der Waals surface area contributed by atoms with E-state index in [9.17, 15) is 4.79 Å². The smallest absolute Gasteiger partial charge is 0.177 e. The van der Waals surface area contributed by atoms with E-state index in [2.05, 4.69) is 25.7 Å². The van der Waals surface area contributed by atoms with E-state index in [0.717, 1.165) is 42.0 Å². The highest BCUT2D eigenvalue weighted by atomic mass is 16.5. The van der Waals surface area contributed by atoms with Crippen LogP contribution in [0.5, 0.6) is 5.75 Å². The molecule has 0 aliphatic heterocycles. The summed E-state index contributed by atoms with van der Waals surface area (Å²) in [6.45, 7) is 13.2. The van der Waals surface area contributed by atoms with Crippen LogP contribution in [0.15, 0.2) is 12.1 Å². The molecule has 0 atom stereocenters. The summed E-state index contributed by atoms with van der Waals surface area (Å²) in [6, 6.07) is 3.95. The lowest BCUT2D eigenvalue weighted by atomic mass is 10.0. The van der Waals surface area contributed by atoms with Crippen molar-refractivity contribution in [1.82, 2.24) is 4.90 Å². The van der Waals surface area contributed by atoms with Gasteiger partial charge in [-0.2, -0.15) is 0 Å². The highest BCUT2D eigenvalue weighted by molar-refractivity contribution is 5.99. The number of carbonyl (C=O) groups is 1. The van der Waals surface area contributed by atoms with Crippen LogP contribution >= 0.6 is 0 Å². The quantitative estimate of drug-likeness (QED) is 0.680. The number of likely N-dealkylation sites (N-methyl/N-ethyl adjacent to an activating group) is 1. The van der Waals surface area contributed by atoms with E-state index in [1.165, 1.54) is 0 Å². The molecule has 3 nitrogen and oxygen atoms in total. The number of hydrogen-bond donors (Lipinski definition) is 0. The van der Waals surface area contributed by atoms with Gasteiger partial charge in [-0.15, -0.1) is 0 Å². The second-order valence-electron chi connectivity index (χ2n) is 5.17. The normalized spacial score (nSPS) is 10.9. The number of aryl methyl sites for hydroxylation is 2. The van der Waals surface area contributed by atoms with Gasteiger partial charge in [0.05, 0.1) is 13.2 Å². The van der Waals surface area contributed by atoms with Gasteiger partial charge in [0.1, 0.15) is 5.75 Å². The maximum atomic E-state index is 12.4. The van der Waals surface area contributed by atoms with Crippen molar-refractivity contribution in [2.45, 2.75) is 41.0 Å². The molecular weight excluding hydrogens is 250 g/mol. The summed E-state index contributed by atoms with van der Waals surface area (Å²) in [5.41, 5.74) is 2.85. The third-order valence-electron chi connectivity index (χ3n) is 3.55. The van der Waals surface area contributed by atoms with Crippen LogP contribution in [0.25, 0.3) is 0 Å². The van der Waals surface area contributed by atoms with Gasteiger partial charge < -0.3 is 4.74 Å². The van der Waals surface area contributed by atoms with Crippen molar-refractivity contribution < 1.29 is 9.53 Å². The topological polar surface area (TPSA) is 29.5 Å². The number of benzene rings is 1. The maximum absolute atomic E-state index is 12.4. The van der Waals surface area contributed by atoms with Gasteiger partial charge in [-0.1, -0.05) is 20.8 Å². The highest BCUT2D eigenvalue weighted by Crippen LogP contribution is 2.23. The van der Waals surface area contributed by atoms with Gasteiger partial charge in [0.2, 0.25) is 0 Å². The van der Waals surface area contributed by atoms with Crippen molar-refractivity contribution >= 4 is 5.78 Å². The molecule has 0 aliphatic rings. The molecule has 0 aromatic heterocycles. The fraction of sp³-hybridized carbons (Fsp3) is 0.588. The lowest BCUT2D eigenvalue weighted by Crippen LogP contribution is -2.29. The summed E-state index contributed by atoms with van der Waals surface area (Å²) < 4.78 is 5.70. The van der Waals surface area contributed by atoms with Gasteiger partial charge in [-0.05, 0) is 56.6 Å². The molecule has 0 spiro atoms. The van der Waals surface area contributed by atoms with Gasteiger partial charge in [0, 0.05) is 5.56 Å². The lowest BCUT2D eigenvalue weighted by Gasteiger charge is -2.18. The van der Waals surface area contributed by atoms with Crippen molar-refractivity contribution in [3.8, 4) is 5.75 Å². The molecule has 0 unspecified atom stereocenters. The first kappa shape index (κ1) is 16.7. The van der Waals surface area contributed by atoms with Crippen molar-refractivity contribution in [3.05, 3.63) is 28.8 Å². The van der Waals surface area contributed by atoms with E-state index < -0.39 is 0 Å². The van der Waals surface area contributed by atoms with Crippen LogP contribution in [0.3, 0.4) is 0 Å². The summed E-state index contributed by atoms with van der Waals surface area (Å²) in [5, 5.41) is 0. The van der Waals surface area contributed by atoms with Crippen LogP contribution in [0.4, 0.5) is 0 Å². The molecule has 0 saturated heterocycles. The number of nitrogens with zero attached hydrogens (tertiary/aromatic N) is 1. The second kappa shape index (κ2) is 8.05. The summed E-state index contributed by atoms with van der Waals surface area (Å²) >= 11 is 0. The molecule has 1 rings (SSSR count). The molecule has 1 aromatic carbocycles. The van der Waals surface area contributed by atoms with Gasteiger partial charge in [0.25, 0.3) is 0 Å². The third kappa shape index (κ3) is 4.34. The molecule has 0 bridgehead atoms. The Morgan fingerprint density at radius 3 is 2.30 bits per heavy atom. The van der Waals surface area contributed by atoms with Gasteiger partial charge >= 0.3 is 0 Å². The molecule has 0 heterocycles. The standard InChI is InChI=1S/C17H27NO2/c1-6-9-20-17-11-13(4)15(10-14(17)5)16(19)12-18(7-2)8-3/h10-11H,6-9,12H2,1-5H3. The zero-order valence-corrected chi connectivity index (χ0v) is 13.5. The molecule has 0 aliphatic carbocycles. The van der Waals surface area contributed by atoms with Crippen molar-refractivity contribution in [1.29, 1.82) is 0 Å². The van der Waals surface area contributed by atoms with Crippen LogP contribution in [0.1, 0.15) is 48.7 Å². The zero-order chi connectivity index (χ0) is 15.1. The first-order chi connectivity index (χ1) is 9.53. The number of carbonyl (C=O) groups excluding carboxylic acids is 1. The monoisotopic (exact) mass is 277 g/mol. The van der Waals surface area contributed by atoms with E-state index in [1.807, 2.05) is 26.0 Å². The fourth-order valence-electron chi connectivity index (χ4n) is 2.19.